The fraction of sp³-hybridized carbons (Fsp3) is 0.250. The molecule has 0 aliphatic carbocycles. The van der Waals surface area contributed by atoms with E-state index >= 15 is 0 Å². The summed E-state index contributed by atoms with van der Waals surface area (Å²) in [4.78, 5) is 36.7. The summed E-state index contributed by atoms with van der Waals surface area (Å²) < 4.78 is 7.25. The van der Waals surface area contributed by atoms with Gasteiger partial charge in [-0.1, -0.05) is 53.3 Å². The first kappa shape index (κ1) is 20.1. The molecule has 1 aromatic heterocycles. The summed E-state index contributed by atoms with van der Waals surface area (Å²) in [5.41, 5.74) is 1.32. The van der Waals surface area contributed by atoms with Crippen LogP contribution < -0.4 is 10.2 Å². The summed E-state index contributed by atoms with van der Waals surface area (Å²) in [7, 11) is 0. The van der Waals surface area contributed by atoms with Crippen LogP contribution in [0.5, 0.6) is 0 Å². The zero-order chi connectivity index (χ0) is 20.1. The topological polar surface area (TPSA) is 77.4 Å². The molecular formula is C20H19ClN2O4S. The minimum atomic E-state index is -0.652. The van der Waals surface area contributed by atoms with Gasteiger partial charge in [-0.05, 0) is 30.7 Å². The smallest absolute Gasteiger partial charge is 0.308 e. The van der Waals surface area contributed by atoms with Crippen molar-refractivity contribution in [2.45, 2.75) is 25.9 Å². The molecule has 1 N–H and O–H groups in total. The number of fused-ring (bicyclic) bond motifs is 1. The fourth-order valence-corrected chi connectivity index (χ4v) is 4.09. The number of thiazole rings is 1. The van der Waals surface area contributed by atoms with E-state index in [0.717, 1.165) is 16.0 Å². The van der Waals surface area contributed by atoms with Crippen molar-refractivity contribution in [3.05, 3.63) is 68.8 Å². The van der Waals surface area contributed by atoms with E-state index in [0.29, 0.717) is 16.1 Å². The van der Waals surface area contributed by atoms with Crippen LogP contribution in [0.3, 0.4) is 0 Å². The van der Waals surface area contributed by atoms with Gasteiger partial charge in [0.15, 0.2) is 0 Å². The van der Waals surface area contributed by atoms with E-state index in [4.69, 9.17) is 16.3 Å². The molecule has 0 aliphatic rings. The first-order valence-corrected chi connectivity index (χ1v) is 9.96. The molecule has 0 radical (unpaired) electrons. The standard InChI is InChI=1S/C20H19ClN2O4S/c1-2-27-19(25)11-15(13-7-3-4-8-14(13)21)22-18(24)12-23-16-9-5-6-10-17(16)28-20(23)26/h3-10,15H,2,11-12H2,1H3,(H,22,24). The number of para-hydroxylation sites is 1. The van der Waals surface area contributed by atoms with Crippen LogP contribution in [-0.4, -0.2) is 23.1 Å². The number of benzene rings is 2. The molecule has 0 bridgehead atoms. The quantitative estimate of drug-likeness (QED) is 0.595. The lowest BCUT2D eigenvalue weighted by molar-refractivity contribution is -0.143. The van der Waals surface area contributed by atoms with Crippen LogP contribution in [0.4, 0.5) is 0 Å². The van der Waals surface area contributed by atoms with Crippen LogP contribution in [0, 0.1) is 0 Å². The van der Waals surface area contributed by atoms with Gasteiger partial charge in [0.2, 0.25) is 5.91 Å². The number of hydrogen-bond acceptors (Lipinski definition) is 5. The number of amides is 1. The van der Waals surface area contributed by atoms with E-state index in [-0.39, 0.29) is 30.4 Å². The van der Waals surface area contributed by atoms with Crippen LogP contribution in [0.25, 0.3) is 10.2 Å². The number of aromatic nitrogens is 1. The van der Waals surface area contributed by atoms with E-state index in [1.165, 1.54) is 4.57 Å². The number of nitrogens with zero attached hydrogens (tertiary/aromatic N) is 1. The third kappa shape index (κ3) is 4.61. The normalized spacial score (nSPS) is 11.9. The highest BCUT2D eigenvalue weighted by Gasteiger charge is 2.22. The Hall–Kier alpha value is -2.64. The largest absolute Gasteiger partial charge is 0.466 e. The lowest BCUT2D eigenvalue weighted by atomic mass is 10.0. The Kier molecular flexibility index (Phi) is 6.49. The molecular weight excluding hydrogens is 400 g/mol. The van der Waals surface area contributed by atoms with Gasteiger partial charge in [0.25, 0.3) is 0 Å². The Morgan fingerprint density at radius 2 is 1.89 bits per heavy atom. The molecule has 28 heavy (non-hydrogen) atoms. The van der Waals surface area contributed by atoms with Gasteiger partial charge in [-0.25, -0.2) is 0 Å². The highest BCUT2D eigenvalue weighted by molar-refractivity contribution is 7.16. The lowest BCUT2D eigenvalue weighted by Gasteiger charge is -2.20. The van der Waals surface area contributed by atoms with Crippen molar-refractivity contribution in [2.75, 3.05) is 6.61 Å². The Bertz CT molecular complexity index is 1060. The molecule has 3 rings (SSSR count). The second-order valence-electron chi connectivity index (χ2n) is 6.07. The molecule has 3 aromatic rings. The number of carbonyl (C=O) groups is 2. The van der Waals surface area contributed by atoms with Crippen molar-refractivity contribution in [1.82, 2.24) is 9.88 Å². The van der Waals surface area contributed by atoms with Crippen molar-refractivity contribution in [3.63, 3.8) is 0 Å². The van der Waals surface area contributed by atoms with Crippen LogP contribution in [0.1, 0.15) is 24.9 Å². The maximum absolute atomic E-state index is 12.7. The third-order valence-electron chi connectivity index (χ3n) is 4.17. The minimum Gasteiger partial charge on any atom is -0.466 e. The minimum absolute atomic E-state index is 0.0530. The summed E-state index contributed by atoms with van der Waals surface area (Å²) >= 11 is 7.34. The summed E-state index contributed by atoms with van der Waals surface area (Å²) in [6.07, 6.45) is -0.0530. The maximum Gasteiger partial charge on any atom is 0.308 e. The summed E-state index contributed by atoms with van der Waals surface area (Å²) in [6, 6.07) is 13.6. The van der Waals surface area contributed by atoms with Crippen LogP contribution >= 0.6 is 22.9 Å². The highest BCUT2D eigenvalue weighted by Crippen LogP contribution is 2.25. The molecule has 1 unspecified atom stereocenters. The maximum atomic E-state index is 12.7. The first-order chi connectivity index (χ1) is 13.5. The van der Waals surface area contributed by atoms with Gasteiger partial charge in [0, 0.05) is 5.02 Å². The molecule has 0 spiro atoms. The number of halogens is 1. The van der Waals surface area contributed by atoms with E-state index in [1.54, 1.807) is 37.3 Å². The lowest BCUT2D eigenvalue weighted by Crippen LogP contribution is -2.35. The number of nitrogens with one attached hydrogen (secondary N) is 1. The molecule has 1 atom stereocenters. The number of carbonyl (C=O) groups excluding carboxylic acids is 2. The molecule has 6 nitrogen and oxygen atoms in total. The average molecular weight is 419 g/mol. The molecule has 0 fully saturated rings. The second kappa shape index (κ2) is 9.03. The van der Waals surface area contributed by atoms with Crippen molar-refractivity contribution in [2.24, 2.45) is 0 Å². The number of rotatable bonds is 7. The van der Waals surface area contributed by atoms with Gasteiger partial charge in [-0.2, -0.15) is 0 Å². The summed E-state index contributed by atoms with van der Waals surface area (Å²) in [5.74, 6) is -0.828. The molecule has 0 saturated carbocycles. The highest BCUT2D eigenvalue weighted by atomic mass is 35.5. The van der Waals surface area contributed by atoms with Crippen molar-refractivity contribution < 1.29 is 14.3 Å². The molecule has 2 aromatic carbocycles. The summed E-state index contributed by atoms with van der Waals surface area (Å²) in [5, 5.41) is 3.25. The van der Waals surface area contributed by atoms with Crippen LogP contribution in [0.2, 0.25) is 5.02 Å². The van der Waals surface area contributed by atoms with Crippen molar-refractivity contribution in [1.29, 1.82) is 0 Å². The molecule has 0 saturated heterocycles. The van der Waals surface area contributed by atoms with E-state index in [1.807, 2.05) is 18.2 Å². The average Bonchev–Trinajstić information content (AvgIpc) is 2.97. The fourth-order valence-electron chi connectivity index (χ4n) is 2.93. The van der Waals surface area contributed by atoms with Gasteiger partial charge in [-0.15, -0.1) is 0 Å². The van der Waals surface area contributed by atoms with Crippen LogP contribution in [0.15, 0.2) is 53.3 Å². The number of ether oxygens (including phenoxy) is 1. The zero-order valence-corrected chi connectivity index (χ0v) is 16.8. The van der Waals surface area contributed by atoms with Gasteiger partial charge >= 0.3 is 10.8 Å². The molecule has 0 aliphatic heterocycles. The van der Waals surface area contributed by atoms with Crippen molar-refractivity contribution >= 4 is 45.0 Å². The zero-order valence-electron chi connectivity index (χ0n) is 15.2. The number of hydrogen-bond donors (Lipinski definition) is 1. The van der Waals surface area contributed by atoms with E-state index in [9.17, 15) is 14.4 Å². The Morgan fingerprint density at radius 3 is 2.64 bits per heavy atom. The van der Waals surface area contributed by atoms with Gasteiger partial charge < -0.3 is 10.1 Å². The first-order valence-electron chi connectivity index (χ1n) is 8.77. The molecule has 8 heteroatoms. The Balaban J connectivity index is 1.82. The third-order valence-corrected chi connectivity index (χ3v) is 5.47. The monoisotopic (exact) mass is 418 g/mol. The van der Waals surface area contributed by atoms with E-state index in [2.05, 4.69) is 5.32 Å². The van der Waals surface area contributed by atoms with Gasteiger partial charge in [-0.3, -0.25) is 19.0 Å². The predicted molar refractivity (Wildman–Crippen MR) is 110 cm³/mol. The molecule has 146 valence electrons. The van der Waals surface area contributed by atoms with Gasteiger partial charge in [0.05, 0.1) is 29.3 Å². The Labute approximate surface area is 170 Å². The van der Waals surface area contributed by atoms with Crippen molar-refractivity contribution in [3.8, 4) is 0 Å². The molecule has 1 heterocycles. The van der Waals surface area contributed by atoms with Gasteiger partial charge in [0.1, 0.15) is 6.54 Å². The second-order valence-corrected chi connectivity index (χ2v) is 7.47. The Morgan fingerprint density at radius 1 is 1.18 bits per heavy atom. The SMILES string of the molecule is CCOC(=O)CC(NC(=O)Cn1c(=O)sc2ccccc21)c1ccccc1Cl. The summed E-state index contributed by atoms with van der Waals surface area (Å²) in [6.45, 7) is 1.82. The van der Waals surface area contributed by atoms with Crippen LogP contribution in [-0.2, 0) is 20.9 Å². The molecule has 1 amide bonds. The number of esters is 1. The van der Waals surface area contributed by atoms with E-state index < -0.39 is 12.0 Å². The predicted octanol–water partition coefficient (Wildman–Crippen LogP) is 3.53.